The monoisotopic (exact) mass is 420 g/mol. The zero-order chi connectivity index (χ0) is 20.4. The molecule has 1 atom stereocenters. The second-order valence-electron chi connectivity index (χ2n) is 5.97. The minimum Gasteiger partial charge on any atom is -0.327 e. The van der Waals surface area contributed by atoms with E-state index in [1.807, 2.05) is 0 Å². The van der Waals surface area contributed by atoms with Crippen LogP contribution in [0.15, 0.2) is 53.7 Å². The van der Waals surface area contributed by atoms with E-state index in [0.717, 1.165) is 0 Å². The largest absolute Gasteiger partial charge is 0.327 e. The number of anilines is 1. The van der Waals surface area contributed by atoms with Crippen LogP contribution in [-0.2, 0) is 4.79 Å². The first-order valence-electron chi connectivity index (χ1n) is 8.06. The molecule has 1 heterocycles. The van der Waals surface area contributed by atoms with Crippen LogP contribution in [-0.4, -0.2) is 16.9 Å². The summed E-state index contributed by atoms with van der Waals surface area (Å²) in [5, 5.41) is 19.3. The summed E-state index contributed by atoms with van der Waals surface area (Å²) in [6.45, 7) is 1.57. The molecular weight excluding hydrogens is 407 g/mol. The van der Waals surface area contributed by atoms with Gasteiger partial charge in [-0.1, -0.05) is 35.3 Å². The average Bonchev–Trinajstić information content (AvgIpc) is 2.61. The Kier molecular flexibility index (Phi) is 5.53. The van der Waals surface area contributed by atoms with Crippen molar-refractivity contribution in [3.05, 3.63) is 79.5 Å². The molecule has 8 nitrogen and oxygen atoms in total. The zero-order valence-electron chi connectivity index (χ0n) is 14.5. The van der Waals surface area contributed by atoms with Gasteiger partial charge in [0.25, 0.3) is 11.6 Å². The summed E-state index contributed by atoms with van der Waals surface area (Å²) < 4.78 is 0. The van der Waals surface area contributed by atoms with Gasteiger partial charge in [0.1, 0.15) is 0 Å². The van der Waals surface area contributed by atoms with Gasteiger partial charge in [0.2, 0.25) is 0 Å². The first-order valence-corrected chi connectivity index (χ1v) is 8.81. The first-order chi connectivity index (χ1) is 13.3. The van der Waals surface area contributed by atoms with Crippen LogP contribution in [0.5, 0.6) is 0 Å². The Morgan fingerprint density at radius 1 is 1.18 bits per heavy atom. The van der Waals surface area contributed by atoms with Crippen LogP contribution in [0.4, 0.5) is 16.2 Å². The molecule has 1 aliphatic rings. The number of amides is 3. The standard InChI is InChI=1S/C18H14Cl2N4O4/c1-9-14(17(25)22-10-4-2-5-11(8-10)24(27)28)16(23-18(26)21-9)15-12(19)6-3-7-13(15)20/h2-8,16H,1H3,(H,22,25)(H2,21,23,26)/t16-/m1/s1. The van der Waals surface area contributed by atoms with Crippen molar-refractivity contribution in [1.82, 2.24) is 10.6 Å². The molecule has 1 aliphatic heterocycles. The normalized spacial score (nSPS) is 16.2. The van der Waals surface area contributed by atoms with Crippen LogP contribution in [0, 0.1) is 10.1 Å². The van der Waals surface area contributed by atoms with Gasteiger partial charge in [0.15, 0.2) is 0 Å². The summed E-state index contributed by atoms with van der Waals surface area (Å²) in [6.07, 6.45) is 0. The number of rotatable bonds is 4. The number of non-ortho nitro benzene ring substituents is 1. The predicted molar refractivity (Wildman–Crippen MR) is 105 cm³/mol. The number of urea groups is 1. The predicted octanol–water partition coefficient (Wildman–Crippen LogP) is 4.17. The molecule has 0 radical (unpaired) electrons. The SMILES string of the molecule is CC1=C(C(=O)Nc2cccc([N+](=O)[O-])c2)[C@H](c2c(Cl)cccc2Cl)NC(=O)N1. The Bertz CT molecular complexity index is 1000. The van der Waals surface area contributed by atoms with E-state index >= 15 is 0 Å². The van der Waals surface area contributed by atoms with Crippen LogP contribution in [0.25, 0.3) is 0 Å². The van der Waals surface area contributed by atoms with Gasteiger partial charge in [-0.25, -0.2) is 4.79 Å². The van der Waals surface area contributed by atoms with Gasteiger partial charge in [-0.3, -0.25) is 14.9 Å². The maximum atomic E-state index is 13.0. The van der Waals surface area contributed by atoms with Crippen molar-refractivity contribution in [1.29, 1.82) is 0 Å². The molecule has 0 aliphatic carbocycles. The molecule has 0 saturated heterocycles. The van der Waals surface area contributed by atoms with Crippen molar-refractivity contribution in [2.75, 3.05) is 5.32 Å². The Morgan fingerprint density at radius 2 is 1.82 bits per heavy atom. The van der Waals surface area contributed by atoms with Gasteiger partial charge in [0, 0.05) is 39.1 Å². The Balaban J connectivity index is 2.00. The molecule has 0 spiro atoms. The lowest BCUT2D eigenvalue weighted by Gasteiger charge is -2.29. The van der Waals surface area contributed by atoms with Gasteiger partial charge in [0.05, 0.1) is 16.5 Å². The number of allylic oxidation sites excluding steroid dienone is 1. The summed E-state index contributed by atoms with van der Waals surface area (Å²) in [4.78, 5) is 35.3. The lowest BCUT2D eigenvalue weighted by atomic mass is 9.94. The van der Waals surface area contributed by atoms with Crippen molar-refractivity contribution < 1.29 is 14.5 Å². The number of hydrogen-bond donors (Lipinski definition) is 3. The van der Waals surface area contributed by atoms with Crippen molar-refractivity contribution in [2.45, 2.75) is 13.0 Å². The Labute approximate surface area is 169 Å². The van der Waals surface area contributed by atoms with E-state index in [0.29, 0.717) is 11.3 Å². The smallest absolute Gasteiger partial charge is 0.319 e. The maximum Gasteiger partial charge on any atom is 0.319 e. The summed E-state index contributed by atoms with van der Waals surface area (Å²) in [6, 6.07) is 8.97. The fourth-order valence-electron chi connectivity index (χ4n) is 2.89. The van der Waals surface area contributed by atoms with Crippen molar-refractivity contribution in [3.8, 4) is 0 Å². The van der Waals surface area contributed by atoms with E-state index in [1.165, 1.54) is 24.3 Å². The second kappa shape index (κ2) is 7.87. The average molecular weight is 421 g/mol. The van der Waals surface area contributed by atoms with E-state index in [4.69, 9.17) is 23.2 Å². The minimum atomic E-state index is -0.895. The van der Waals surface area contributed by atoms with Crippen molar-refractivity contribution >= 4 is 46.5 Å². The lowest BCUT2D eigenvalue weighted by molar-refractivity contribution is -0.384. The highest BCUT2D eigenvalue weighted by molar-refractivity contribution is 6.36. The van der Waals surface area contributed by atoms with Gasteiger partial charge < -0.3 is 16.0 Å². The quantitative estimate of drug-likeness (QED) is 0.508. The molecule has 0 fully saturated rings. The second-order valence-corrected chi connectivity index (χ2v) is 6.78. The number of benzene rings is 2. The van der Waals surface area contributed by atoms with Crippen molar-refractivity contribution in [3.63, 3.8) is 0 Å². The Hall–Kier alpha value is -3.10. The van der Waals surface area contributed by atoms with E-state index in [-0.39, 0.29) is 27.0 Å². The minimum absolute atomic E-state index is 0.163. The lowest BCUT2D eigenvalue weighted by Crippen LogP contribution is -2.46. The number of carbonyl (C=O) groups excluding carboxylic acids is 2. The van der Waals surface area contributed by atoms with Crippen LogP contribution < -0.4 is 16.0 Å². The molecule has 0 aromatic heterocycles. The van der Waals surface area contributed by atoms with Gasteiger partial charge in [-0.15, -0.1) is 0 Å². The molecular formula is C18H14Cl2N4O4. The molecule has 10 heteroatoms. The third-order valence-corrected chi connectivity index (χ3v) is 4.78. The van der Waals surface area contributed by atoms with Crippen molar-refractivity contribution in [2.24, 2.45) is 0 Å². The maximum absolute atomic E-state index is 13.0. The number of nitro groups is 1. The number of nitrogens with zero attached hydrogens (tertiary/aromatic N) is 1. The molecule has 3 N–H and O–H groups in total. The summed E-state index contributed by atoms with van der Waals surface area (Å²) in [5.41, 5.74) is 0.947. The van der Waals surface area contributed by atoms with Crippen LogP contribution in [0.2, 0.25) is 10.0 Å². The number of carbonyl (C=O) groups is 2. The van der Waals surface area contributed by atoms with E-state index < -0.39 is 22.9 Å². The molecule has 144 valence electrons. The van der Waals surface area contributed by atoms with E-state index in [9.17, 15) is 19.7 Å². The first kappa shape index (κ1) is 19.7. The van der Waals surface area contributed by atoms with Gasteiger partial charge in [-0.2, -0.15) is 0 Å². The third-order valence-electron chi connectivity index (χ3n) is 4.12. The number of nitro benzene ring substituents is 1. The van der Waals surface area contributed by atoms with Crippen LogP contribution in [0.3, 0.4) is 0 Å². The number of nitrogens with one attached hydrogen (secondary N) is 3. The number of halogens is 2. The highest BCUT2D eigenvalue weighted by Gasteiger charge is 2.33. The summed E-state index contributed by atoms with van der Waals surface area (Å²) >= 11 is 12.5. The highest BCUT2D eigenvalue weighted by Crippen LogP contribution is 2.36. The zero-order valence-corrected chi connectivity index (χ0v) is 16.0. The topological polar surface area (TPSA) is 113 Å². The number of hydrogen-bond acceptors (Lipinski definition) is 4. The van der Waals surface area contributed by atoms with Gasteiger partial charge in [-0.05, 0) is 25.1 Å². The summed E-state index contributed by atoms with van der Waals surface area (Å²) in [7, 11) is 0. The molecule has 3 rings (SSSR count). The molecule has 0 bridgehead atoms. The molecule has 2 aromatic rings. The van der Waals surface area contributed by atoms with E-state index in [2.05, 4.69) is 16.0 Å². The molecule has 2 aromatic carbocycles. The third kappa shape index (κ3) is 3.92. The molecule has 0 unspecified atom stereocenters. The molecule has 0 saturated carbocycles. The highest BCUT2D eigenvalue weighted by atomic mass is 35.5. The Morgan fingerprint density at radius 3 is 2.46 bits per heavy atom. The summed E-state index contributed by atoms with van der Waals surface area (Å²) in [5.74, 6) is -0.563. The molecule has 28 heavy (non-hydrogen) atoms. The van der Waals surface area contributed by atoms with E-state index in [1.54, 1.807) is 25.1 Å². The fourth-order valence-corrected chi connectivity index (χ4v) is 3.51. The van der Waals surface area contributed by atoms with Crippen LogP contribution in [0.1, 0.15) is 18.5 Å². The van der Waals surface area contributed by atoms with Gasteiger partial charge >= 0.3 is 6.03 Å². The fraction of sp³-hybridized carbons (Fsp3) is 0.111. The molecule has 3 amide bonds. The van der Waals surface area contributed by atoms with Crippen LogP contribution >= 0.6 is 23.2 Å².